The van der Waals surface area contributed by atoms with Crippen LogP contribution in [0.1, 0.15) is 0 Å². The first kappa shape index (κ1) is 16.7. The Morgan fingerprint density at radius 1 is 1.50 bits per heavy atom. The molecule has 2 N–H and O–H groups in total. The van der Waals surface area contributed by atoms with Gasteiger partial charge in [-0.05, 0) is 0 Å². The molecule has 0 aromatic carbocycles. The number of hydrogen-bond acceptors (Lipinski definition) is 2. The molecule has 0 saturated heterocycles. The van der Waals surface area contributed by atoms with E-state index < -0.39 is 7.82 Å². The van der Waals surface area contributed by atoms with Crippen molar-refractivity contribution in [1.82, 2.24) is 0 Å². The molecule has 8 heteroatoms. The van der Waals surface area contributed by atoms with Gasteiger partial charge in [0.05, 0.1) is 0 Å². The molecule has 0 aliphatic carbocycles. The van der Waals surface area contributed by atoms with Crippen molar-refractivity contribution in [3.8, 4) is 0 Å². The third-order valence-electron chi connectivity index (χ3n) is 0.238. The molecule has 0 bridgehead atoms. The minimum atomic E-state index is -4.08. The molecular weight excluding hydrogens is 237 g/mol. The summed E-state index contributed by atoms with van der Waals surface area (Å²) in [5, 5.41) is 0. The molecular formula is H6NaO4PSiZr. The van der Waals surface area contributed by atoms with Crippen LogP contribution in [0, 0.1) is 0 Å². The molecule has 0 spiro atoms. The van der Waals surface area contributed by atoms with Crippen molar-refractivity contribution in [3.05, 3.63) is 0 Å². The van der Waals surface area contributed by atoms with Gasteiger partial charge in [0.2, 0.25) is 0 Å². The molecule has 8 heavy (non-hydrogen) atoms. The summed E-state index contributed by atoms with van der Waals surface area (Å²) in [4.78, 5) is 15.5. The summed E-state index contributed by atoms with van der Waals surface area (Å²) >= 11 is 0. The maximum atomic E-state index is 9.51. The van der Waals surface area contributed by atoms with E-state index in [4.69, 9.17) is 9.79 Å². The molecule has 0 radical (unpaired) electrons. The van der Waals surface area contributed by atoms with E-state index in [9.17, 15) is 4.57 Å². The van der Waals surface area contributed by atoms with Crippen molar-refractivity contribution in [2.45, 2.75) is 0 Å². The van der Waals surface area contributed by atoms with Crippen LogP contribution in [0.15, 0.2) is 0 Å². The van der Waals surface area contributed by atoms with Crippen LogP contribution < -0.4 is 0 Å². The van der Waals surface area contributed by atoms with Crippen molar-refractivity contribution in [3.63, 3.8) is 0 Å². The van der Waals surface area contributed by atoms with Crippen molar-refractivity contribution in [1.29, 1.82) is 0 Å². The van der Waals surface area contributed by atoms with E-state index in [2.05, 4.69) is 4.21 Å². The first-order valence-corrected chi connectivity index (χ1v) is 3.52. The van der Waals surface area contributed by atoms with Crippen LogP contribution >= 0.6 is 7.82 Å². The van der Waals surface area contributed by atoms with Crippen LogP contribution in [0.3, 0.4) is 0 Å². The van der Waals surface area contributed by atoms with Gasteiger partial charge in [-0.2, -0.15) is 0 Å². The predicted molar refractivity (Wildman–Crippen MR) is 30.2 cm³/mol. The molecule has 0 saturated carbocycles. The third kappa shape index (κ3) is 15.7. The van der Waals surface area contributed by atoms with Crippen LogP contribution in [0.5, 0.6) is 0 Å². The standard InChI is InChI=1S/Na.H5O4PSi.Zr.H/c;1-5(2,3)4-6;;/h;6H3,(H2,1,2,3);;. The molecule has 0 fully saturated rings. The normalized spacial score (nSPS) is 9.25. The van der Waals surface area contributed by atoms with E-state index in [0.29, 0.717) is 0 Å². The Labute approximate surface area is 91.6 Å². The van der Waals surface area contributed by atoms with Crippen molar-refractivity contribution < 1.29 is 44.8 Å². The summed E-state index contributed by atoms with van der Waals surface area (Å²) < 4.78 is 13.2. The Hall–Kier alpha value is 2.21. The summed E-state index contributed by atoms with van der Waals surface area (Å²) in [5.41, 5.74) is 0. The Bertz CT molecular complexity index is 80.1. The number of rotatable bonds is 1. The fourth-order valence-electron chi connectivity index (χ4n) is 0. The fourth-order valence-corrected chi connectivity index (χ4v) is 0. The maximum absolute atomic E-state index is 9.51. The minimum Gasteiger partial charge on any atom is 0 e. The largest absolute Gasteiger partial charge is 0 e. The third-order valence-corrected chi connectivity index (χ3v) is 2.14. The summed E-state index contributed by atoms with van der Waals surface area (Å²) in [6, 6.07) is 0. The van der Waals surface area contributed by atoms with Gasteiger partial charge in [0.15, 0.2) is 10.5 Å². The molecule has 0 rings (SSSR count). The first-order valence-electron chi connectivity index (χ1n) is 1.17. The fraction of sp³-hybridized carbons (Fsp3) is 0. The molecule has 0 aromatic heterocycles. The molecule has 44 valence electrons. The van der Waals surface area contributed by atoms with E-state index in [1.165, 1.54) is 0 Å². The van der Waals surface area contributed by atoms with Crippen molar-refractivity contribution >= 4 is 47.9 Å². The van der Waals surface area contributed by atoms with Gasteiger partial charge >= 0.3 is 37.4 Å². The maximum Gasteiger partial charge on any atom is 0 e. The molecule has 0 aliphatic heterocycles. The van der Waals surface area contributed by atoms with E-state index in [-0.39, 0.29) is 66.2 Å². The molecule has 4 nitrogen and oxygen atoms in total. The monoisotopic (exact) mass is 242 g/mol. The van der Waals surface area contributed by atoms with Crippen molar-refractivity contribution in [2.75, 3.05) is 0 Å². The molecule has 0 aliphatic rings. The zero-order valence-electron chi connectivity index (χ0n) is 3.66. The summed E-state index contributed by atoms with van der Waals surface area (Å²) in [6.45, 7) is 0. The Morgan fingerprint density at radius 2 is 1.62 bits per heavy atom. The summed E-state index contributed by atoms with van der Waals surface area (Å²) in [7, 11) is -4.00. The van der Waals surface area contributed by atoms with Gasteiger partial charge in [-0.3, -0.25) is 0 Å². The van der Waals surface area contributed by atoms with E-state index in [1.807, 2.05) is 0 Å². The zero-order valence-corrected chi connectivity index (χ0v) is 9.01. The number of phosphoric acid groups is 1. The van der Waals surface area contributed by atoms with Gasteiger partial charge in [0.1, 0.15) is 0 Å². The van der Waals surface area contributed by atoms with Gasteiger partial charge in [-0.15, -0.1) is 0 Å². The van der Waals surface area contributed by atoms with Crippen LogP contribution in [-0.2, 0) is 35.0 Å². The molecule has 0 unspecified atom stereocenters. The molecule has 0 heterocycles. The van der Waals surface area contributed by atoms with Gasteiger partial charge in [0, 0.05) is 26.2 Å². The Kier molecular flexibility index (Phi) is 15.2. The second-order valence-electron chi connectivity index (χ2n) is 0.673. The average Bonchev–Trinajstić information content (AvgIpc) is 1.35. The SMILES string of the molecule is O=P(O)(O)O[SiH3].[NaH].[Zr]. The van der Waals surface area contributed by atoms with Gasteiger partial charge in [0.25, 0.3) is 0 Å². The first-order chi connectivity index (χ1) is 2.56. The number of hydrogen-bond donors (Lipinski definition) is 2. The van der Waals surface area contributed by atoms with Crippen LogP contribution in [0.25, 0.3) is 0 Å². The molecule has 0 amide bonds. The topological polar surface area (TPSA) is 66.8 Å². The molecule has 0 aromatic rings. The quantitative estimate of drug-likeness (QED) is 0.402. The summed E-state index contributed by atoms with van der Waals surface area (Å²) in [5.74, 6) is 0. The van der Waals surface area contributed by atoms with Crippen LogP contribution in [0.4, 0.5) is 0 Å². The van der Waals surface area contributed by atoms with Gasteiger partial charge in [-0.25, -0.2) is 4.57 Å². The minimum absolute atomic E-state index is 0. The molecule has 0 atom stereocenters. The van der Waals surface area contributed by atoms with Crippen LogP contribution in [-0.4, -0.2) is 49.8 Å². The second kappa shape index (κ2) is 7.32. The van der Waals surface area contributed by atoms with Gasteiger partial charge < -0.3 is 14.0 Å². The van der Waals surface area contributed by atoms with Gasteiger partial charge in [-0.1, -0.05) is 0 Å². The Morgan fingerprint density at radius 3 is 1.62 bits per heavy atom. The van der Waals surface area contributed by atoms with Crippen molar-refractivity contribution in [2.24, 2.45) is 0 Å². The smallest absolute Gasteiger partial charge is 0 e. The Balaban J connectivity index is -0.000000125. The van der Waals surface area contributed by atoms with E-state index in [0.717, 1.165) is 0 Å². The second-order valence-corrected chi connectivity index (χ2v) is 3.11. The summed E-state index contributed by atoms with van der Waals surface area (Å²) in [6.07, 6.45) is 0. The predicted octanol–water partition coefficient (Wildman–Crippen LogP) is -2.27. The van der Waals surface area contributed by atoms with E-state index >= 15 is 0 Å². The van der Waals surface area contributed by atoms with E-state index in [1.54, 1.807) is 0 Å². The van der Waals surface area contributed by atoms with Crippen LogP contribution in [0.2, 0.25) is 0 Å². The zero-order chi connectivity index (χ0) is 5.21. The average molecular weight is 243 g/mol.